The molecular weight excluding hydrogens is 190 g/mol. The number of nitrogens with zero attached hydrogens (tertiary/aromatic N) is 2. The summed E-state index contributed by atoms with van der Waals surface area (Å²) in [5.74, 6) is 0. The highest BCUT2D eigenvalue weighted by Gasteiger charge is 2.15. The third kappa shape index (κ3) is 2.79. The van der Waals surface area contributed by atoms with Crippen LogP contribution in [0, 0.1) is 13.8 Å². The van der Waals surface area contributed by atoms with Crippen molar-refractivity contribution in [3.8, 4) is 0 Å². The number of rotatable bonds is 4. The number of hydrogen-bond donors (Lipinski definition) is 2. The zero-order chi connectivity index (χ0) is 11.6. The topological polar surface area (TPSA) is 50.1 Å². The molecule has 1 rings (SSSR count). The van der Waals surface area contributed by atoms with Crippen molar-refractivity contribution >= 4 is 0 Å². The Labute approximate surface area is 91.3 Å². The lowest BCUT2D eigenvalue weighted by molar-refractivity contribution is 0.187. The van der Waals surface area contributed by atoms with E-state index in [0.717, 1.165) is 5.69 Å². The van der Waals surface area contributed by atoms with Gasteiger partial charge in [0.25, 0.3) is 0 Å². The molecule has 4 nitrogen and oxygen atoms in total. The molecular formula is C11H21N3O. The van der Waals surface area contributed by atoms with E-state index in [-0.39, 0.29) is 12.1 Å². The van der Waals surface area contributed by atoms with Crippen LogP contribution in [0.15, 0.2) is 0 Å². The van der Waals surface area contributed by atoms with E-state index >= 15 is 0 Å². The maximum absolute atomic E-state index is 9.21. The van der Waals surface area contributed by atoms with Crippen molar-refractivity contribution in [3.63, 3.8) is 0 Å². The Morgan fingerprint density at radius 3 is 2.40 bits per heavy atom. The first-order chi connectivity index (χ1) is 6.93. The Balaban J connectivity index is 2.77. The van der Waals surface area contributed by atoms with Gasteiger partial charge in [0.15, 0.2) is 0 Å². The monoisotopic (exact) mass is 211 g/mol. The number of nitrogens with one attached hydrogen (secondary N) is 1. The SMILES string of the molecule is Cc1nn(C)c(C)c1C(C)NC[C@H](C)O. The molecule has 0 aromatic carbocycles. The summed E-state index contributed by atoms with van der Waals surface area (Å²) < 4.78 is 1.89. The fourth-order valence-electron chi connectivity index (χ4n) is 1.87. The highest BCUT2D eigenvalue weighted by molar-refractivity contribution is 5.27. The van der Waals surface area contributed by atoms with Gasteiger partial charge in [-0.25, -0.2) is 0 Å². The van der Waals surface area contributed by atoms with Gasteiger partial charge in [0.05, 0.1) is 11.8 Å². The highest BCUT2D eigenvalue weighted by atomic mass is 16.3. The Morgan fingerprint density at radius 1 is 1.40 bits per heavy atom. The van der Waals surface area contributed by atoms with Crippen LogP contribution in [-0.4, -0.2) is 27.5 Å². The minimum absolute atomic E-state index is 0.230. The van der Waals surface area contributed by atoms with Crippen molar-refractivity contribution in [1.82, 2.24) is 15.1 Å². The predicted molar refractivity (Wildman–Crippen MR) is 60.8 cm³/mol. The average molecular weight is 211 g/mol. The lowest BCUT2D eigenvalue weighted by Gasteiger charge is -2.15. The maximum Gasteiger partial charge on any atom is 0.0644 e. The molecule has 0 saturated carbocycles. The molecule has 1 aromatic heterocycles. The molecule has 0 aliphatic heterocycles. The van der Waals surface area contributed by atoms with Gasteiger partial charge in [-0.2, -0.15) is 5.10 Å². The van der Waals surface area contributed by atoms with Crippen LogP contribution in [0.5, 0.6) is 0 Å². The first kappa shape index (κ1) is 12.2. The van der Waals surface area contributed by atoms with E-state index in [1.165, 1.54) is 11.3 Å². The zero-order valence-electron chi connectivity index (χ0n) is 10.2. The average Bonchev–Trinajstić information content (AvgIpc) is 2.37. The van der Waals surface area contributed by atoms with Crippen LogP contribution in [-0.2, 0) is 7.05 Å². The summed E-state index contributed by atoms with van der Waals surface area (Å²) in [4.78, 5) is 0. The van der Waals surface area contributed by atoms with Gasteiger partial charge in [0.2, 0.25) is 0 Å². The fraction of sp³-hybridized carbons (Fsp3) is 0.727. The highest BCUT2D eigenvalue weighted by Crippen LogP contribution is 2.20. The smallest absolute Gasteiger partial charge is 0.0644 e. The molecule has 2 atom stereocenters. The minimum Gasteiger partial charge on any atom is -0.392 e. The summed E-state index contributed by atoms with van der Waals surface area (Å²) in [6, 6.07) is 0.230. The summed E-state index contributed by atoms with van der Waals surface area (Å²) >= 11 is 0. The molecule has 1 heterocycles. The van der Waals surface area contributed by atoms with Gasteiger partial charge in [0.1, 0.15) is 0 Å². The Bertz CT molecular complexity index is 331. The van der Waals surface area contributed by atoms with E-state index in [1.54, 1.807) is 6.92 Å². The van der Waals surface area contributed by atoms with Crippen molar-refractivity contribution in [2.24, 2.45) is 7.05 Å². The molecule has 2 N–H and O–H groups in total. The van der Waals surface area contributed by atoms with Crippen molar-refractivity contribution in [1.29, 1.82) is 0 Å². The molecule has 86 valence electrons. The van der Waals surface area contributed by atoms with E-state index in [1.807, 2.05) is 18.7 Å². The molecule has 0 amide bonds. The third-order valence-corrected chi connectivity index (χ3v) is 2.72. The fourth-order valence-corrected chi connectivity index (χ4v) is 1.87. The molecule has 1 aromatic rings. The standard InChI is InChI=1S/C11H21N3O/c1-7(15)6-12-8(2)11-9(3)13-14(5)10(11)4/h7-8,12,15H,6H2,1-5H3/t7-,8?/m0/s1. The normalized spacial score (nSPS) is 15.3. The van der Waals surface area contributed by atoms with E-state index in [2.05, 4.69) is 24.3 Å². The summed E-state index contributed by atoms with van der Waals surface area (Å²) in [6.45, 7) is 8.57. The third-order valence-electron chi connectivity index (χ3n) is 2.72. The van der Waals surface area contributed by atoms with Gasteiger partial charge in [-0.05, 0) is 27.7 Å². The van der Waals surface area contributed by atoms with E-state index in [0.29, 0.717) is 6.54 Å². The molecule has 15 heavy (non-hydrogen) atoms. The molecule has 4 heteroatoms. The second-order valence-corrected chi connectivity index (χ2v) is 4.19. The van der Waals surface area contributed by atoms with Crippen molar-refractivity contribution in [2.45, 2.75) is 39.8 Å². The number of aryl methyl sites for hydroxylation is 2. The predicted octanol–water partition coefficient (Wildman–Crippen LogP) is 1.07. The number of aliphatic hydroxyl groups excluding tert-OH is 1. The molecule has 0 aliphatic carbocycles. The van der Waals surface area contributed by atoms with Crippen LogP contribution in [0.1, 0.15) is 36.8 Å². The summed E-state index contributed by atoms with van der Waals surface area (Å²) in [5.41, 5.74) is 3.47. The van der Waals surface area contributed by atoms with E-state index in [4.69, 9.17) is 0 Å². The van der Waals surface area contributed by atoms with Gasteiger partial charge >= 0.3 is 0 Å². The molecule has 0 aliphatic rings. The molecule has 1 unspecified atom stereocenters. The zero-order valence-corrected chi connectivity index (χ0v) is 10.2. The molecule has 0 radical (unpaired) electrons. The largest absolute Gasteiger partial charge is 0.392 e. The Kier molecular flexibility index (Phi) is 3.88. The lowest BCUT2D eigenvalue weighted by atomic mass is 10.1. The maximum atomic E-state index is 9.21. The second kappa shape index (κ2) is 4.77. The van der Waals surface area contributed by atoms with Crippen LogP contribution in [0.25, 0.3) is 0 Å². The van der Waals surface area contributed by atoms with Crippen LogP contribution < -0.4 is 5.32 Å². The minimum atomic E-state index is -0.315. The molecule has 0 spiro atoms. The summed E-state index contributed by atoms with van der Waals surface area (Å²) in [6.07, 6.45) is -0.315. The van der Waals surface area contributed by atoms with Crippen LogP contribution in [0.4, 0.5) is 0 Å². The van der Waals surface area contributed by atoms with Crippen molar-refractivity contribution in [2.75, 3.05) is 6.54 Å². The summed E-state index contributed by atoms with van der Waals surface area (Å²) in [7, 11) is 1.95. The van der Waals surface area contributed by atoms with Gasteiger partial charge in [0, 0.05) is 30.9 Å². The first-order valence-corrected chi connectivity index (χ1v) is 5.35. The van der Waals surface area contributed by atoms with E-state index in [9.17, 15) is 5.11 Å². The number of aromatic nitrogens is 2. The van der Waals surface area contributed by atoms with Gasteiger partial charge in [-0.1, -0.05) is 0 Å². The number of hydrogen-bond acceptors (Lipinski definition) is 3. The Hall–Kier alpha value is -0.870. The molecule has 0 saturated heterocycles. The van der Waals surface area contributed by atoms with Gasteiger partial charge < -0.3 is 10.4 Å². The van der Waals surface area contributed by atoms with Crippen LogP contribution >= 0.6 is 0 Å². The van der Waals surface area contributed by atoms with Crippen molar-refractivity contribution in [3.05, 3.63) is 17.0 Å². The number of aliphatic hydroxyl groups is 1. The lowest BCUT2D eigenvalue weighted by Crippen LogP contribution is -2.27. The molecule has 0 bridgehead atoms. The van der Waals surface area contributed by atoms with Crippen molar-refractivity contribution < 1.29 is 5.11 Å². The Morgan fingerprint density at radius 2 is 2.00 bits per heavy atom. The molecule has 0 fully saturated rings. The van der Waals surface area contributed by atoms with Gasteiger partial charge in [-0.3, -0.25) is 4.68 Å². The summed E-state index contributed by atoms with van der Waals surface area (Å²) in [5, 5.41) is 16.9. The van der Waals surface area contributed by atoms with Crippen LogP contribution in [0.2, 0.25) is 0 Å². The second-order valence-electron chi connectivity index (χ2n) is 4.19. The first-order valence-electron chi connectivity index (χ1n) is 5.35. The van der Waals surface area contributed by atoms with Crippen LogP contribution in [0.3, 0.4) is 0 Å². The quantitative estimate of drug-likeness (QED) is 0.783. The van der Waals surface area contributed by atoms with Gasteiger partial charge in [-0.15, -0.1) is 0 Å². The van der Waals surface area contributed by atoms with E-state index < -0.39 is 0 Å².